The van der Waals surface area contributed by atoms with Crippen LogP contribution in [0.2, 0.25) is 0 Å². The summed E-state index contributed by atoms with van der Waals surface area (Å²) in [6, 6.07) is 20.6. The second-order valence-corrected chi connectivity index (χ2v) is 9.57. The minimum atomic E-state index is -0.0457. The highest BCUT2D eigenvalue weighted by Crippen LogP contribution is 2.31. The van der Waals surface area contributed by atoms with Gasteiger partial charge in [0, 0.05) is 62.2 Å². The third-order valence-electron chi connectivity index (χ3n) is 6.09. The van der Waals surface area contributed by atoms with Crippen molar-refractivity contribution in [3.05, 3.63) is 89.3 Å². The van der Waals surface area contributed by atoms with Crippen molar-refractivity contribution in [2.45, 2.75) is 18.8 Å². The molecule has 0 fully saturated rings. The van der Waals surface area contributed by atoms with Gasteiger partial charge in [-0.3, -0.25) is 4.79 Å². The molecule has 3 aromatic heterocycles. The number of anilines is 1. The summed E-state index contributed by atoms with van der Waals surface area (Å²) in [5.41, 5.74) is 4.53. The van der Waals surface area contributed by atoms with E-state index < -0.39 is 0 Å². The summed E-state index contributed by atoms with van der Waals surface area (Å²) >= 11 is 1.56. The molecule has 1 amide bonds. The predicted molar refractivity (Wildman–Crippen MR) is 140 cm³/mol. The van der Waals surface area contributed by atoms with Gasteiger partial charge in [0.1, 0.15) is 0 Å². The number of aromatic amines is 1. The fraction of sp³-hybridized carbons (Fsp3) is 0.222. The van der Waals surface area contributed by atoms with E-state index in [2.05, 4.69) is 61.7 Å². The molecule has 0 aliphatic carbocycles. The van der Waals surface area contributed by atoms with Crippen molar-refractivity contribution in [2.24, 2.45) is 0 Å². The Labute approximate surface area is 207 Å². The third kappa shape index (κ3) is 5.12. The minimum Gasteiger partial charge on any atom is -0.378 e. The fourth-order valence-corrected chi connectivity index (χ4v) is 4.83. The number of hydrogen-bond acceptors (Lipinski definition) is 6. The molecular formula is C27H27N5O2S. The molecule has 2 N–H and O–H groups in total. The van der Waals surface area contributed by atoms with E-state index in [0.717, 1.165) is 32.6 Å². The van der Waals surface area contributed by atoms with E-state index in [9.17, 15) is 4.79 Å². The quantitative estimate of drug-likeness (QED) is 0.299. The maximum Gasteiger partial charge on any atom is 0.227 e. The van der Waals surface area contributed by atoms with Crippen LogP contribution in [-0.4, -0.2) is 41.7 Å². The number of carbonyl (C=O) groups is 1. The van der Waals surface area contributed by atoms with Crippen molar-refractivity contribution in [2.75, 3.05) is 25.5 Å². The standard InChI is InChI=1S/C27H27N5O2S/c1-32(2)19-11-9-18(10-12-19)21(22-17-28-23-7-4-3-6-20(22)23)16-29-25(33)13-14-26-30-27(31-34-26)24-8-5-15-35-24/h3-12,15,17,21,28H,13-14,16H2,1-2H3,(H,29,33). The summed E-state index contributed by atoms with van der Waals surface area (Å²) in [6.45, 7) is 0.492. The first-order valence-corrected chi connectivity index (χ1v) is 12.4. The van der Waals surface area contributed by atoms with Gasteiger partial charge in [0.2, 0.25) is 17.6 Å². The molecule has 178 valence electrons. The van der Waals surface area contributed by atoms with Crippen LogP contribution in [0.1, 0.15) is 29.4 Å². The molecule has 8 heteroatoms. The Hall–Kier alpha value is -3.91. The van der Waals surface area contributed by atoms with Crippen LogP contribution in [0.25, 0.3) is 21.6 Å². The van der Waals surface area contributed by atoms with Crippen LogP contribution in [0.3, 0.4) is 0 Å². The molecule has 0 aliphatic heterocycles. The van der Waals surface area contributed by atoms with Gasteiger partial charge in [-0.05, 0) is 40.8 Å². The maximum absolute atomic E-state index is 12.8. The Morgan fingerprint density at radius 1 is 1.11 bits per heavy atom. The lowest BCUT2D eigenvalue weighted by Gasteiger charge is -2.20. The van der Waals surface area contributed by atoms with E-state index >= 15 is 0 Å². The Bertz CT molecular complexity index is 1400. The largest absolute Gasteiger partial charge is 0.378 e. The van der Waals surface area contributed by atoms with E-state index in [4.69, 9.17) is 4.52 Å². The number of nitrogens with one attached hydrogen (secondary N) is 2. The average molecular weight is 486 g/mol. The highest BCUT2D eigenvalue weighted by molar-refractivity contribution is 7.13. The number of nitrogens with zero attached hydrogens (tertiary/aromatic N) is 3. The first-order chi connectivity index (χ1) is 17.1. The van der Waals surface area contributed by atoms with Crippen molar-refractivity contribution < 1.29 is 9.32 Å². The van der Waals surface area contributed by atoms with Gasteiger partial charge in [-0.15, -0.1) is 11.3 Å². The highest BCUT2D eigenvalue weighted by atomic mass is 32.1. The number of rotatable bonds is 9. The molecule has 7 nitrogen and oxygen atoms in total. The first-order valence-electron chi connectivity index (χ1n) is 11.5. The lowest BCUT2D eigenvalue weighted by Crippen LogP contribution is -2.29. The Balaban J connectivity index is 1.29. The van der Waals surface area contributed by atoms with E-state index in [-0.39, 0.29) is 18.2 Å². The molecule has 0 aliphatic rings. The van der Waals surface area contributed by atoms with Gasteiger partial charge in [-0.2, -0.15) is 4.98 Å². The Kier molecular flexibility index (Phi) is 6.63. The molecule has 2 aromatic carbocycles. The lowest BCUT2D eigenvalue weighted by atomic mass is 9.90. The van der Waals surface area contributed by atoms with Crippen LogP contribution in [0.15, 0.2) is 76.8 Å². The summed E-state index contributed by atoms with van der Waals surface area (Å²) in [6.07, 6.45) is 2.73. The zero-order valence-corrected chi connectivity index (χ0v) is 20.5. The summed E-state index contributed by atoms with van der Waals surface area (Å²) in [5, 5.41) is 10.3. The van der Waals surface area contributed by atoms with Crippen LogP contribution in [-0.2, 0) is 11.2 Å². The monoisotopic (exact) mass is 485 g/mol. The van der Waals surface area contributed by atoms with E-state index in [1.54, 1.807) is 11.3 Å². The number of benzene rings is 2. The number of thiophene rings is 1. The molecule has 3 heterocycles. The third-order valence-corrected chi connectivity index (χ3v) is 6.95. The second-order valence-electron chi connectivity index (χ2n) is 8.62. The van der Waals surface area contributed by atoms with Crippen molar-refractivity contribution in [1.29, 1.82) is 0 Å². The normalized spacial score (nSPS) is 12.1. The molecular weight excluding hydrogens is 458 g/mol. The number of fused-ring (bicyclic) bond motifs is 1. The fourth-order valence-electron chi connectivity index (χ4n) is 4.18. The molecule has 1 atom stereocenters. The zero-order chi connectivity index (χ0) is 24.2. The van der Waals surface area contributed by atoms with Gasteiger partial charge >= 0.3 is 0 Å². The molecule has 35 heavy (non-hydrogen) atoms. The van der Waals surface area contributed by atoms with Crippen molar-refractivity contribution in [3.8, 4) is 10.7 Å². The van der Waals surface area contributed by atoms with E-state index in [0.29, 0.717) is 24.7 Å². The SMILES string of the molecule is CN(C)c1ccc(C(CNC(=O)CCc2nc(-c3cccs3)no2)c2c[nH]c3ccccc23)cc1. The molecule has 5 aromatic rings. The van der Waals surface area contributed by atoms with Gasteiger partial charge in [0.15, 0.2) is 0 Å². The van der Waals surface area contributed by atoms with E-state index in [1.165, 1.54) is 0 Å². The molecule has 0 saturated heterocycles. The lowest BCUT2D eigenvalue weighted by molar-refractivity contribution is -0.121. The van der Waals surface area contributed by atoms with Gasteiger partial charge in [0.25, 0.3) is 0 Å². The van der Waals surface area contributed by atoms with Crippen molar-refractivity contribution >= 4 is 33.8 Å². The van der Waals surface area contributed by atoms with Crippen LogP contribution in [0.5, 0.6) is 0 Å². The Morgan fingerprint density at radius 2 is 1.94 bits per heavy atom. The second kappa shape index (κ2) is 10.1. The van der Waals surface area contributed by atoms with Crippen LogP contribution >= 0.6 is 11.3 Å². The molecule has 0 spiro atoms. The number of aryl methyl sites for hydroxylation is 1. The summed E-state index contributed by atoms with van der Waals surface area (Å²) in [7, 11) is 4.05. The highest BCUT2D eigenvalue weighted by Gasteiger charge is 2.20. The number of aromatic nitrogens is 3. The molecule has 0 bridgehead atoms. The van der Waals surface area contributed by atoms with Crippen LogP contribution in [0.4, 0.5) is 5.69 Å². The average Bonchev–Trinajstić information content (AvgIpc) is 3.64. The van der Waals surface area contributed by atoms with E-state index in [1.807, 2.05) is 49.9 Å². The molecule has 1 unspecified atom stereocenters. The maximum atomic E-state index is 12.8. The van der Waals surface area contributed by atoms with Gasteiger partial charge in [-0.25, -0.2) is 0 Å². The van der Waals surface area contributed by atoms with Gasteiger partial charge in [0.05, 0.1) is 4.88 Å². The topological polar surface area (TPSA) is 87.1 Å². The summed E-state index contributed by atoms with van der Waals surface area (Å²) in [4.78, 5) is 23.6. The number of H-pyrrole nitrogens is 1. The zero-order valence-electron chi connectivity index (χ0n) is 19.7. The minimum absolute atomic E-state index is 0.0140. The molecule has 0 radical (unpaired) electrons. The van der Waals surface area contributed by atoms with Gasteiger partial charge < -0.3 is 19.7 Å². The first kappa shape index (κ1) is 22.9. The van der Waals surface area contributed by atoms with Crippen molar-refractivity contribution in [3.63, 3.8) is 0 Å². The van der Waals surface area contributed by atoms with Gasteiger partial charge in [-0.1, -0.05) is 41.6 Å². The predicted octanol–water partition coefficient (Wildman–Crippen LogP) is 5.23. The number of carbonyl (C=O) groups excluding carboxylic acids is 1. The van der Waals surface area contributed by atoms with Crippen LogP contribution in [0, 0.1) is 0 Å². The number of para-hydroxylation sites is 1. The smallest absolute Gasteiger partial charge is 0.227 e. The summed E-state index contributed by atoms with van der Waals surface area (Å²) in [5.74, 6) is 1.00. The number of hydrogen-bond donors (Lipinski definition) is 2. The van der Waals surface area contributed by atoms with Crippen molar-refractivity contribution in [1.82, 2.24) is 20.4 Å². The molecule has 5 rings (SSSR count). The summed E-state index contributed by atoms with van der Waals surface area (Å²) < 4.78 is 5.33. The number of amides is 1. The molecule has 0 saturated carbocycles. The Morgan fingerprint density at radius 3 is 2.71 bits per heavy atom. The van der Waals surface area contributed by atoms with Crippen LogP contribution < -0.4 is 10.2 Å².